The summed E-state index contributed by atoms with van der Waals surface area (Å²) in [6, 6.07) is 9.11. The molecule has 4 aliphatic heterocycles. The molecule has 0 amide bonds. The van der Waals surface area contributed by atoms with E-state index in [2.05, 4.69) is 0 Å². The van der Waals surface area contributed by atoms with Crippen LogP contribution in [-0.4, -0.2) is 81.2 Å². The molecule has 1 aromatic rings. The van der Waals surface area contributed by atoms with Crippen LogP contribution in [0.2, 0.25) is 0 Å². The molecule has 0 bridgehead atoms. The van der Waals surface area contributed by atoms with E-state index in [4.69, 9.17) is 23.7 Å². The lowest BCUT2D eigenvalue weighted by atomic mass is 9.51. The number of aliphatic hydroxyl groups excluding tert-OH is 2. The van der Waals surface area contributed by atoms with Crippen molar-refractivity contribution < 1.29 is 53.4 Å². The molecule has 7 rings (SSSR count). The molecule has 0 radical (unpaired) electrons. The molecule has 3 N–H and O–H groups in total. The number of rotatable bonds is 3. The van der Waals surface area contributed by atoms with Crippen LogP contribution < -0.4 is 0 Å². The van der Waals surface area contributed by atoms with Crippen LogP contribution in [0.4, 0.5) is 0 Å². The number of carbonyl (C=O) groups excluding carboxylic acids is 3. The summed E-state index contributed by atoms with van der Waals surface area (Å²) in [6.45, 7) is 6.92. The van der Waals surface area contributed by atoms with E-state index in [0.29, 0.717) is 0 Å². The average Bonchev–Trinajstić information content (AvgIpc) is 3.55. The van der Waals surface area contributed by atoms with Crippen LogP contribution in [0.1, 0.15) is 33.3 Å². The molecule has 0 aromatic heterocycles. The second kappa shape index (κ2) is 6.95. The maximum atomic E-state index is 13.8. The molecule has 1 aromatic carbocycles. The average molecular weight is 531 g/mol. The minimum absolute atomic E-state index is 0.0141. The Bertz CT molecular complexity index is 1260. The first-order valence-corrected chi connectivity index (χ1v) is 12.9. The van der Waals surface area contributed by atoms with Gasteiger partial charge in [0.25, 0.3) is 0 Å². The number of benzene rings is 1. The highest BCUT2D eigenvalue weighted by Gasteiger charge is 3.05. The van der Waals surface area contributed by atoms with E-state index in [1.165, 1.54) is 6.92 Å². The SMILES string of the molecule is C[C@@H]1C(=O)OC2[C@H](O)C34[C@@H]5OC(=O)[C@]3(O[C@@H]3OC(=O)[C@H](OCc6ccccc6)C34[C@H](C(C)(C)C)[C@H]5O)[C@]21O. The third-order valence-electron chi connectivity index (χ3n) is 10.2. The van der Waals surface area contributed by atoms with Crippen LogP contribution >= 0.6 is 0 Å². The Kier molecular flexibility index (Phi) is 4.47. The number of esters is 3. The van der Waals surface area contributed by atoms with Gasteiger partial charge in [-0.2, -0.15) is 0 Å². The van der Waals surface area contributed by atoms with Gasteiger partial charge in [-0.3, -0.25) is 4.79 Å². The summed E-state index contributed by atoms with van der Waals surface area (Å²) in [5, 5.41) is 36.1. The predicted molar refractivity (Wildman–Crippen MR) is 122 cm³/mol. The van der Waals surface area contributed by atoms with E-state index in [1.54, 1.807) is 0 Å². The maximum absolute atomic E-state index is 13.8. The molecule has 11 heteroatoms. The molecule has 204 valence electrons. The van der Waals surface area contributed by atoms with Gasteiger partial charge in [0.15, 0.2) is 17.8 Å². The summed E-state index contributed by atoms with van der Waals surface area (Å²) in [7, 11) is 0. The van der Waals surface area contributed by atoms with E-state index in [1.807, 2.05) is 51.1 Å². The minimum Gasteiger partial charge on any atom is -0.456 e. The Hall–Kier alpha value is -2.57. The molecule has 6 fully saturated rings. The maximum Gasteiger partial charge on any atom is 0.343 e. The molecular formula is C27H30O11. The smallest absolute Gasteiger partial charge is 0.343 e. The summed E-state index contributed by atoms with van der Waals surface area (Å²) in [5.74, 6) is -4.79. The van der Waals surface area contributed by atoms with Crippen molar-refractivity contribution in [2.24, 2.45) is 28.1 Å². The molecule has 4 saturated heterocycles. The number of fused-ring (bicyclic) bond motifs is 1. The number of aliphatic hydroxyl groups is 3. The van der Waals surface area contributed by atoms with Gasteiger partial charge in [0.05, 0.1) is 29.5 Å². The fraction of sp³-hybridized carbons (Fsp3) is 0.667. The first kappa shape index (κ1) is 24.5. The molecule has 12 atom stereocenters. The zero-order valence-electron chi connectivity index (χ0n) is 21.3. The lowest BCUT2D eigenvalue weighted by Gasteiger charge is -2.48. The highest BCUT2D eigenvalue weighted by molar-refractivity contribution is 5.94. The number of carbonyl (C=O) groups is 3. The Morgan fingerprint density at radius 2 is 1.66 bits per heavy atom. The van der Waals surface area contributed by atoms with Crippen molar-refractivity contribution >= 4 is 17.9 Å². The fourth-order valence-corrected chi connectivity index (χ4v) is 9.20. The zero-order chi connectivity index (χ0) is 27.2. The zero-order valence-corrected chi connectivity index (χ0v) is 21.3. The first-order valence-electron chi connectivity index (χ1n) is 12.9. The van der Waals surface area contributed by atoms with Crippen molar-refractivity contribution in [3.8, 4) is 0 Å². The van der Waals surface area contributed by atoms with E-state index < -0.39 is 94.0 Å². The fourth-order valence-electron chi connectivity index (χ4n) is 9.20. The van der Waals surface area contributed by atoms with Gasteiger partial charge in [-0.05, 0) is 17.9 Å². The summed E-state index contributed by atoms with van der Waals surface area (Å²) in [4.78, 5) is 40.0. The molecule has 3 unspecified atom stereocenters. The summed E-state index contributed by atoms with van der Waals surface area (Å²) < 4.78 is 29.6. The molecule has 38 heavy (non-hydrogen) atoms. The Morgan fingerprint density at radius 1 is 0.974 bits per heavy atom. The second-order valence-corrected chi connectivity index (χ2v) is 12.6. The van der Waals surface area contributed by atoms with Gasteiger partial charge < -0.3 is 39.0 Å². The monoisotopic (exact) mass is 530 g/mol. The van der Waals surface area contributed by atoms with Crippen molar-refractivity contribution in [1.82, 2.24) is 0 Å². The van der Waals surface area contributed by atoms with E-state index >= 15 is 0 Å². The Labute approximate surface area is 217 Å². The van der Waals surface area contributed by atoms with Crippen LogP contribution in [0, 0.1) is 28.1 Å². The topological polar surface area (TPSA) is 158 Å². The van der Waals surface area contributed by atoms with Crippen molar-refractivity contribution in [2.75, 3.05) is 0 Å². The lowest BCUT2D eigenvalue weighted by molar-refractivity contribution is -0.240. The van der Waals surface area contributed by atoms with Crippen LogP contribution in [0.25, 0.3) is 0 Å². The van der Waals surface area contributed by atoms with Gasteiger partial charge in [0.2, 0.25) is 11.9 Å². The predicted octanol–water partition coefficient (Wildman–Crippen LogP) is -0.174. The van der Waals surface area contributed by atoms with E-state index in [9.17, 15) is 29.7 Å². The third kappa shape index (κ3) is 2.13. The quantitative estimate of drug-likeness (QED) is 0.352. The number of hydrogen-bond acceptors (Lipinski definition) is 11. The molecule has 11 nitrogen and oxygen atoms in total. The second-order valence-electron chi connectivity index (χ2n) is 12.6. The van der Waals surface area contributed by atoms with E-state index in [-0.39, 0.29) is 6.61 Å². The van der Waals surface area contributed by atoms with Gasteiger partial charge in [-0.1, -0.05) is 51.1 Å². The highest BCUT2D eigenvalue weighted by atomic mass is 16.8. The van der Waals surface area contributed by atoms with Gasteiger partial charge in [0, 0.05) is 5.92 Å². The molecule has 4 heterocycles. The van der Waals surface area contributed by atoms with Gasteiger partial charge in [0.1, 0.15) is 12.2 Å². The van der Waals surface area contributed by atoms with Gasteiger partial charge >= 0.3 is 17.9 Å². The molecular weight excluding hydrogens is 500 g/mol. The largest absolute Gasteiger partial charge is 0.456 e. The van der Waals surface area contributed by atoms with Crippen LogP contribution in [0.3, 0.4) is 0 Å². The minimum atomic E-state index is -2.36. The van der Waals surface area contributed by atoms with Gasteiger partial charge in [-0.15, -0.1) is 0 Å². The molecule has 2 saturated carbocycles. The van der Waals surface area contributed by atoms with Crippen molar-refractivity contribution in [3.63, 3.8) is 0 Å². The van der Waals surface area contributed by atoms with Crippen LogP contribution in [-0.2, 0) is 44.7 Å². The van der Waals surface area contributed by atoms with Crippen molar-refractivity contribution in [3.05, 3.63) is 35.9 Å². The first-order chi connectivity index (χ1) is 17.8. The summed E-state index contributed by atoms with van der Waals surface area (Å²) >= 11 is 0. The van der Waals surface area contributed by atoms with E-state index in [0.717, 1.165) is 5.56 Å². The lowest BCUT2D eigenvalue weighted by Crippen LogP contribution is -2.67. The number of hydrogen-bond donors (Lipinski definition) is 3. The van der Waals surface area contributed by atoms with Crippen molar-refractivity contribution in [2.45, 2.75) is 82.3 Å². The normalized spacial score (nSPS) is 51.8. The summed E-state index contributed by atoms with van der Waals surface area (Å²) in [6.07, 6.45) is -8.97. The molecule has 2 aliphatic carbocycles. The van der Waals surface area contributed by atoms with Gasteiger partial charge in [-0.25, -0.2) is 9.59 Å². The Balaban J connectivity index is 1.50. The third-order valence-corrected chi connectivity index (χ3v) is 10.2. The van der Waals surface area contributed by atoms with Crippen LogP contribution in [0.15, 0.2) is 30.3 Å². The molecule has 2 spiro atoms. The van der Waals surface area contributed by atoms with Crippen molar-refractivity contribution in [1.29, 1.82) is 0 Å². The standard InChI is InChI=1S/C27H30O11/c1-11-19(30)35-17-15(29)25-16-13(28)14(23(2,3)4)24(25)18(34-10-12-8-6-5-7-9-12)20(31)37-22(24)38-27(25,21(32)36-16)26(11,17)33/h5-9,11,13-18,22,28-29,33H,10H2,1-4H3/t11-,13-,14+,15+,16-,17?,18+,22+,24?,25?,26-,27-/m1/s1. The molecule has 6 aliphatic rings. The Morgan fingerprint density at radius 3 is 2.32 bits per heavy atom. The highest BCUT2D eigenvalue weighted by Crippen LogP contribution is 2.84. The van der Waals surface area contributed by atoms with Crippen LogP contribution in [0.5, 0.6) is 0 Å². The summed E-state index contributed by atoms with van der Waals surface area (Å²) in [5.41, 5.74) is -8.32. The number of ether oxygens (including phenoxy) is 5.